The van der Waals surface area contributed by atoms with Gasteiger partial charge in [0.2, 0.25) is 0 Å². The molecule has 0 unspecified atom stereocenters. The maximum Gasteiger partial charge on any atom is 0.573 e. The normalized spacial score (nSPS) is 11.6. The van der Waals surface area contributed by atoms with Gasteiger partial charge in [0.15, 0.2) is 0 Å². The van der Waals surface area contributed by atoms with E-state index in [9.17, 15) is 17.6 Å². The fourth-order valence-electron chi connectivity index (χ4n) is 1.58. The minimum absolute atomic E-state index is 0.0721. The van der Waals surface area contributed by atoms with E-state index < -0.39 is 12.2 Å². The molecular formula is C15H10F4NO2. The molecule has 2 aromatic carbocycles. The summed E-state index contributed by atoms with van der Waals surface area (Å²) in [6.45, 7) is -0.0721. The zero-order chi connectivity index (χ0) is 16.0. The lowest BCUT2D eigenvalue weighted by atomic mass is 10.2. The van der Waals surface area contributed by atoms with Crippen molar-refractivity contribution >= 4 is 6.21 Å². The lowest BCUT2D eigenvalue weighted by Crippen LogP contribution is -2.17. The quantitative estimate of drug-likeness (QED) is 0.472. The van der Waals surface area contributed by atoms with Gasteiger partial charge in [0.25, 0.3) is 0 Å². The van der Waals surface area contributed by atoms with Gasteiger partial charge in [0, 0.05) is 5.56 Å². The van der Waals surface area contributed by atoms with Crippen molar-refractivity contribution in [2.75, 3.05) is 0 Å². The van der Waals surface area contributed by atoms with Gasteiger partial charge in [-0.2, -0.15) is 0 Å². The Morgan fingerprint density at radius 1 is 1.05 bits per heavy atom. The zero-order valence-corrected chi connectivity index (χ0v) is 11.1. The first-order chi connectivity index (χ1) is 10.4. The standard InChI is InChI=1S/C15H10F4NO2/c16-13-5-1-3-11(7-13)9-20-21-10-12-4-2-6-14(8-12)22-15(17,18)19/h1-8H,10H2. The second-order valence-corrected chi connectivity index (χ2v) is 4.18. The number of nitrogens with zero attached hydrogens (tertiary/aromatic N) is 1. The molecule has 0 saturated carbocycles. The number of hydrogen-bond acceptors (Lipinski definition) is 3. The molecule has 0 fully saturated rings. The molecular weight excluding hydrogens is 302 g/mol. The summed E-state index contributed by atoms with van der Waals surface area (Å²) in [7, 11) is 0. The van der Waals surface area contributed by atoms with Crippen molar-refractivity contribution in [1.82, 2.24) is 0 Å². The molecule has 0 spiro atoms. The topological polar surface area (TPSA) is 30.8 Å². The molecule has 7 heteroatoms. The summed E-state index contributed by atoms with van der Waals surface area (Å²) in [5.41, 5.74) is 0.820. The Hall–Kier alpha value is -2.57. The zero-order valence-electron chi connectivity index (χ0n) is 11.1. The van der Waals surface area contributed by atoms with E-state index in [0.717, 1.165) is 0 Å². The minimum atomic E-state index is -4.75. The Balaban J connectivity index is 1.90. The average Bonchev–Trinajstić information content (AvgIpc) is 2.42. The third-order valence-electron chi connectivity index (χ3n) is 2.43. The Morgan fingerprint density at radius 2 is 1.82 bits per heavy atom. The van der Waals surface area contributed by atoms with E-state index in [2.05, 4.69) is 16.1 Å². The van der Waals surface area contributed by atoms with Crippen molar-refractivity contribution in [2.45, 2.75) is 13.0 Å². The highest BCUT2D eigenvalue weighted by Gasteiger charge is 2.31. The molecule has 22 heavy (non-hydrogen) atoms. The number of alkyl halides is 3. The van der Waals surface area contributed by atoms with E-state index in [4.69, 9.17) is 4.84 Å². The molecule has 0 saturated heterocycles. The van der Waals surface area contributed by atoms with Crippen molar-refractivity contribution in [1.29, 1.82) is 0 Å². The summed E-state index contributed by atoms with van der Waals surface area (Å²) in [5.74, 6) is -0.774. The molecule has 0 aromatic heterocycles. The molecule has 115 valence electrons. The summed E-state index contributed by atoms with van der Waals surface area (Å²) in [6, 6.07) is 10.9. The second-order valence-electron chi connectivity index (χ2n) is 4.18. The number of rotatable bonds is 5. The summed E-state index contributed by atoms with van der Waals surface area (Å²) >= 11 is 0. The first-order valence-electron chi connectivity index (χ1n) is 6.11. The fraction of sp³-hybridized carbons (Fsp3) is 0.133. The first kappa shape index (κ1) is 15.8. The second kappa shape index (κ2) is 6.93. The van der Waals surface area contributed by atoms with E-state index in [-0.39, 0.29) is 12.4 Å². The predicted octanol–water partition coefficient (Wildman–Crippen LogP) is 4.15. The van der Waals surface area contributed by atoms with Gasteiger partial charge in [-0.15, -0.1) is 13.2 Å². The smallest absolute Gasteiger partial charge is 0.406 e. The minimum Gasteiger partial charge on any atom is -0.406 e. The van der Waals surface area contributed by atoms with Crippen LogP contribution >= 0.6 is 0 Å². The van der Waals surface area contributed by atoms with E-state index >= 15 is 0 Å². The summed E-state index contributed by atoms with van der Waals surface area (Å²) in [5, 5.41) is 3.50. The van der Waals surface area contributed by atoms with Crippen molar-refractivity contribution in [3.05, 3.63) is 65.5 Å². The molecule has 0 N–H and O–H groups in total. The van der Waals surface area contributed by atoms with Crippen LogP contribution in [0.5, 0.6) is 5.75 Å². The van der Waals surface area contributed by atoms with Crippen LogP contribution in [0.25, 0.3) is 0 Å². The van der Waals surface area contributed by atoms with Crippen LogP contribution in [0, 0.1) is 5.82 Å². The molecule has 0 heterocycles. The number of halogens is 4. The molecule has 0 bridgehead atoms. The molecule has 0 aliphatic heterocycles. The molecule has 0 amide bonds. The monoisotopic (exact) mass is 312 g/mol. The van der Waals surface area contributed by atoms with Crippen LogP contribution in [0.4, 0.5) is 17.6 Å². The summed E-state index contributed by atoms with van der Waals surface area (Å²) in [6.07, 6.45) is -2.29. The number of hydrogen-bond donors (Lipinski definition) is 0. The third-order valence-corrected chi connectivity index (χ3v) is 2.43. The molecule has 0 aliphatic carbocycles. The Bertz CT molecular complexity index is 656. The van der Waals surface area contributed by atoms with Crippen molar-refractivity contribution in [2.24, 2.45) is 5.16 Å². The van der Waals surface area contributed by atoms with Crippen LogP contribution in [-0.4, -0.2) is 12.6 Å². The van der Waals surface area contributed by atoms with Crippen LogP contribution in [0.3, 0.4) is 0 Å². The van der Waals surface area contributed by atoms with Crippen LogP contribution in [0.1, 0.15) is 11.1 Å². The highest BCUT2D eigenvalue weighted by molar-refractivity contribution is 5.78. The highest BCUT2D eigenvalue weighted by Crippen LogP contribution is 2.23. The molecule has 0 aliphatic rings. The van der Waals surface area contributed by atoms with Crippen LogP contribution in [0.15, 0.2) is 53.7 Å². The van der Waals surface area contributed by atoms with E-state index in [1.807, 2.05) is 0 Å². The first-order valence-corrected chi connectivity index (χ1v) is 6.11. The Kier molecular flexibility index (Phi) is 4.98. The van der Waals surface area contributed by atoms with Crippen molar-refractivity contribution < 1.29 is 27.1 Å². The van der Waals surface area contributed by atoms with Crippen LogP contribution in [-0.2, 0) is 11.4 Å². The maximum absolute atomic E-state index is 12.9. The maximum atomic E-state index is 12.9. The molecule has 2 aromatic rings. The van der Waals surface area contributed by atoms with Crippen LogP contribution < -0.4 is 4.74 Å². The lowest BCUT2D eigenvalue weighted by Gasteiger charge is -2.09. The van der Waals surface area contributed by atoms with E-state index in [0.29, 0.717) is 11.1 Å². The molecule has 1 radical (unpaired) electrons. The van der Waals surface area contributed by atoms with Gasteiger partial charge in [0.05, 0.1) is 0 Å². The van der Waals surface area contributed by atoms with Gasteiger partial charge < -0.3 is 9.57 Å². The summed E-state index contributed by atoms with van der Waals surface area (Å²) in [4.78, 5) is 4.90. The number of benzene rings is 2. The van der Waals surface area contributed by atoms with Crippen LogP contribution in [0.2, 0.25) is 0 Å². The predicted molar refractivity (Wildman–Crippen MR) is 70.9 cm³/mol. The largest absolute Gasteiger partial charge is 0.573 e. The average molecular weight is 312 g/mol. The fourth-order valence-corrected chi connectivity index (χ4v) is 1.58. The van der Waals surface area contributed by atoms with Gasteiger partial charge in [0.1, 0.15) is 24.4 Å². The Morgan fingerprint density at radius 3 is 2.55 bits per heavy atom. The molecule has 3 nitrogen and oxygen atoms in total. The highest BCUT2D eigenvalue weighted by atomic mass is 19.4. The Labute approximate surface area is 123 Å². The van der Waals surface area contributed by atoms with Gasteiger partial charge in [-0.1, -0.05) is 29.4 Å². The number of ether oxygens (including phenoxy) is 1. The van der Waals surface area contributed by atoms with Crippen molar-refractivity contribution in [3.63, 3.8) is 0 Å². The van der Waals surface area contributed by atoms with E-state index in [1.165, 1.54) is 36.4 Å². The van der Waals surface area contributed by atoms with Gasteiger partial charge >= 0.3 is 6.36 Å². The lowest BCUT2D eigenvalue weighted by molar-refractivity contribution is -0.274. The van der Waals surface area contributed by atoms with E-state index in [1.54, 1.807) is 12.1 Å². The van der Waals surface area contributed by atoms with Gasteiger partial charge in [-0.05, 0) is 29.8 Å². The third kappa shape index (κ3) is 5.43. The van der Waals surface area contributed by atoms with Crippen molar-refractivity contribution in [3.8, 4) is 5.75 Å². The van der Waals surface area contributed by atoms with Gasteiger partial charge in [-0.3, -0.25) is 0 Å². The van der Waals surface area contributed by atoms with Gasteiger partial charge in [-0.25, -0.2) is 4.39 Å². The molecule has 0 atom stereocenters. The SMILES string of the molecule is Fc1cccc(/[C]=N\OCc2cccc(OC(F)(F)F)c2)c1. The summed E-state index contributed by atoms with van der Waals surface area (Å²) < 4.78 is 52.9. The molecule has 2 rings (SSSR count).